The average molecular weight is 325 g/mol. The van der Waals surface area contributed by atoms with E-state index in [4.69, 9.17) is 5.11 Å². The Balaban J connectivity index is 3.27. The van der Waals surface area contributed by atoms with Crippen molar-refractivity contribution < 1.29 is 27.1 Å². The molecule has 1 aromatic rings. The SMILES string of the molecule is CSCC(C)NS(=O)(=O)c1cc(C(=O)O)cc(F)c1F. The van der Waals surface area contributed by atoms with Crippen molar-refractivity contribution in [2.45, 2.75) is 17.9 Å². The molecule has 0 radical (unpaired) electrons. The van der Waals surface area contributed by atoms with Crippen LogP contribution in [0.25, 0.3) is 0 Å². The van der Waals surface area contributed by atoms with Crippen molar-refractivity contribution in [3.05, 3.63) is 29.3 Å². The average Bonchev–Trinajstić information content (AvgIpc) is 2.31. The molecule has 1 unspecified atom stereocenters. The number of sulfonamides is 1. The molecule has 0 spiro atoms. The van der Waals surface area contributed by atoms with E-state index in [-0.39, 0.29) is 0 Å². The van der Waals surface area contributed by atoms with Gasteiger partial charge < -0.3 is 5.11 Å². The van der Waals surface area contributed by atoms with Crippen LogP contribution in [0, 0.1) is 11.6 Å². The fourth-order valence-electron chi connectivity index (χ4n) is 1.50. The molecular formula is C11H13F2NO4S2. The molecule has 0 aliphatic rings. The van der Waals surface area contributed by atoms with Crippen LogP contribution in [0.15, 0.2) is 17.0 Å². The van der Waals surface area contributed by atoms with Crippen molar-refractivity contribution >= 4 is 27.8 Å². The maximum absolute atomic E-state index is 13.6. The number of rotatable bonds is 6. The lowest BCUT2D eigenvalue weighted by atomic mass is 10.2. The standard InChI is InChI=1S/C11H13F2NO4S2/c1-6(5-19-2)14-20(17,18)9-4-7(11(15)16)3-8(12)10(9)13/h3-4,6,14H,5H2,1-2H3,(H,15,16). The zero-order chi connectivity index (χ0) is 15.5. The Morgan fingerprint density at radius 2 is 2.05 bits per heavy atom. The lowest BCUT2D eigenvalue weighted by Gasteiger charge is -2.14. The zero-order valence-corrected chi connectivity index (χ0v) is 12.3. The van der Waals surface area contributed by atoms with E-state index in [0.717, 1.165) is 0 Å². The van der Waals surface area contributed by atoms with Gasteiger partial charge in [-0.3, -0.25) is 0 Å². The van der Waals surface area contributed by atoms with Crippen molar-refractivity contribution in [2.75, 3.05) is 12.0 Å². The first-order valence-corrected chi connectivity index (χ1v) is 8.30. The van der Waals surface area contributed by atoms with E-state index in [1.54, 1.807) is 13.2 Å². The van der Waals surface area contributed by atoms with E-state index >= 15 is 0 Å². The maximum atomic E-state index is 13.6. The third kappa shape index (κ3) is 3.90. The van der Waals surface area contributed by atoms with E-state index in [2.05, 4.69) is 4.72 Å². The topological polar surface area (TPSA) is 83.5 Å². The van der Waals surface area contributed by atoms with Gasteiger partial charge in [0.2, 0.25) is 10.0 Å². The highest BCUT2D eigenvalue weighted by molar-refractivity contribution is 7.98. The number of aromatic carboxylic acids is 1. The number of hydrogen-bond acceptors (Lipinski definition) is 4. The highest BCUT2D eigenvalue weighted by atomic mass is 32.2. The van der Waals surface area contributed by atoms with Crippen molar-refractivity contribution in [3.63, 3.8) is 0 Å². The van der Waals surface area contributed by atoms with Gasteiger partial charge in [-0.15, -0.1) is 0 Å². The van der Waals surface area contributed by atoms with Crippen LogP contribution in [0.5, 0.6) is 0 Å². The lowest BCUT2D eigenvalue weighted by molar-refractivity contribution is 0.0696. The van der Waals surface area contributed by atoms with Crippen LogP contribution < -0.4 is 4.72 Å². The first-order chi connectivity index (χ1) is 9.19. The van der Waals surface area contributed by atoms with Gasteiger partial charge in [0.25, 0.3) is 0 Å². The lowest BCUT2D eigenvalue weighted by Crippen LogP contribution is -2.35. The molecule has 5 nitrogen and oxygen atoms in total. The monoisotopic (exact) mass is 325 g/mol. The van der Waals surface area contributed by atoms with Gasteiger partial charge in [-0.2, -0.15) is 11.8 Å². The number of halogens is 2. The number of nitrogens with one attached hydrogen (secondary N) is 1. The summed E-state index contributed by atoms with van der Waals surface area (Å²) in [4.78, 5) is 9.75. The van der Waals surface area contributed by atoms with Crippen molar-refractivity contribution in [3.8, 4) is 0 Å². The van der Waals surface area contributed by atoms with Crippen molar-refractivity contribution in [2.24, 2.45) is 0 Å². The summed E-state index contributed by atoms with van der Waals surface area (Å²) in [5.74, 6) is -4.23. The van der Waals surface area contributed by atoms with Gasteiger partial charge in [-0.05, 0) is 25.3 Å². The van der Waals surface area contributed by atoms with E-state index in [1.807, 2.05) is 0 Å². The molecule has 0 aromatic heterocycles. The smallest absolute Gasteiger partial charge is 0.335 e. The molecule has 1 rings (SSSR count). The number of thioether (sulfide) groups is 1. The van der Waals surface area contributed by atoms with E-state index < -0.39 is 44.1 Å². The molecule has 1 aromatic carbocycles. The largest absolute Gasteiger partial charge is 0.478 e. The van der Waals surface area contributed by atoms with E-state index in [0.29, 0.717) is 17.9 Å². The normalized spacial score (nSPS) is 13.2. The number of carboxylic acids is 1. The Kier molecular flexibility index (Phi) is 5.49. The highest BCUT2D eigenvalue weighted by Gasteiger charge is 2.25. The Bertz CT molecular complexity index is 619. The third-order valence-electron chi connectivity index (χ3n) is 2.30. The second-order valence-corrected chi connectivity index (χ2v) is 6.65. The van der Waals surface area contributed by atoms with E-state index in [1.165, 1.54) is 11.8 Å². The van der Waals surface area contributed by atoms with Crippen molar-refractivity contribution in [1.29, 1.82) is 0 Å². The number of carbonyl (C=O) groups is 1. The summed E-state index contributed by atoms with van der Waals surface area (Å²) in [6.07, 6.45) is 1.76. The van der Waals surface area contributed by atoms with Crippen LogP contribution >= 0.6 is 11.8 Å². The van der Waals surface area contributed by atoms with Crippen LogP contribution in [0.1, 0.15) is 17.3 Å². The minimum atomic E-state index is -4.33. The predicted octanol–water partition coefficient (Wildman–Crippen LogP) is 1.69. The summed E-state index contributed by atoms with van der Waals surface area (Å²) in [5, 5.41) is 8.75. The molecule has 0 aliphatic carbocycles. The van der Waals surface area contributed by atoms with Crippen LogP contribution in [0.3, 0.4) is 0 Å². The minimum absolute atomic E-state index is 0.432. The summed E-state index contributed by atoms with van der Waals surface area (Å²) in [6, 6.07) is 0.516. The van der Waals surface area contributed by atoms with Gasteiger partial charge in [0, 0.05) is 11.8 Å². The summed E-state index contributed by atoms with van der Waals surface area (Å²) >= 11 is 1.37. The molecule has 0 saturated heterocycles. The van der Waals surface area contributed by atoms with Crippen molar-refractivity contribution in [1.82, 2.24) is 4.72 Å². The molecule has 0 heterocycles. The first kappa shape index (κ1) is 16.9. The molecular weight excluding hydrogens is 312 g/mol. The summed E-state index contributed by atoms with van der Waals surface area (Å²) in [6.45, 7) is 1.56. The van der Waals surface area contributed by atoms with Crippen LogP contribution in [-0.4, -0.2) is 37.5 Å². The molecule has 0 fully saturated rings. The molecule has 0 aliphatic heterocycles. The van der Waals surface area contributed by atoms with Gasteiger partial charge in [0.05, 0.1) is 5.56 Å². The van der Waals surface area contributed by atoms with Gasteiger partial charge >= 0.3 is 5.97 Å². The maximum Gasteiger partial charge on any atom is 0.335 e. The van der Waals surface area contributed by atoms with Crippen LogP contribution in [0.2, 0.25) is 0 Å². The fraction of sp³-hybridized carbons (Fsp3) is 0.364. The summed E-state index contributed by atoms with van der Waals surface area (Å²) in [7, 11) is -4.33. The highest BCUT2D eigenvalue weighted by Crippen LogP contribution is 2.20. The number of carboxylic acid groups (broad SMARTS) is 1. The Morgan fingerprint density at radius 3 is 2.55 bits per heavy atom. The molecule has 0 bridgehead atoms. The molecule has 20 heavy (non-hydrogen) atoms. The third-order valence-corrected chi connectivity index (χ3v) is 4.73. The van der Waals surface area contributed by atoms with Gasteiger partial charge in [-0.1, -0.05) is 0 Å². The van der Waals surface area contributed by atoms with Gasteiger partial charge in [-0.25, -0.2) is 26.7 Å². The Hall–Kier alpha value is -1.19. The Morgan fingerprint density at radius 1 is 1.45 bits per heavy atom. The van der Waals surface area contributed by atoms with E-state index in [9.17, 15) is 22.0 Å². The number of benzene rings is 1. The molecule has 2 N–H and O–H groups in total. The first-order valence-electron chi connectivity index (χ1n) is 5.42. The second kappa shape index (κ2) is 6.51. The Labute approximate surface area is 119 Å². The second-order valence-electron chi connectivity index (χ2n) is 4.05. The van der Waals surface area contributed by atoms with Crippen LogP contribution in [0.4, 0.5) is 8.78 Å². The fourth-order valence-corrected chi connectivity index (χ4v) is 3.54. The zero-order valence-electron chi connectivity index (χ0n) is 10.7. The molecule has 112 valence electrons. The molecule has 0 amide bonds. The van der Waals surface area contributed by atoms with Gasteiger partial charge in [0.15, 0.2) is 11.6 Å². The summed E-state index contributed by atoms with van der Waals surface area (Å²) in [5.41, 5.74) is -0.637. The quantitative estimate of drug-likeness (QED) is 0.831. The molecule has 9 heteroatoms. The number of hydrogen-bond donors (Lipinski definition) is 2. The summed E-state index contributed by atoms with van der Waals surface area (Å²) < 4.78 is 52.9. The molecule has 1 atom stereocenters. The van der Waals surface area contributed by atoms with Crippen LogP contribution in [-0.2, 0) is 10.0 Å². The minimum Gasteiger partial charge on any atom is -0.478 e. The predicted molar refractivity (Wildman–Crippen MR) is 71.5 cm³/mol. The van der Waals surface area contributed by atoms with Gasteiger partial charge in [0.1, 0.15) is 4.90 Å². The molecule has 0 saturated carbocycles.